The third-order valence-corrected chi connectivity index (χ3v) is 6.31. The fraction of sp³-hybridized carbons (Fsp3) is 0.400. The predicted octanol–water partition coefficient (Wildman–Crippen LogP) is 4.56. The molecular weight excluding hydrogens is 414 g/mol. The number of rotatable bonds is 9. The van der Waals surface area contributed by atoms with Crippen LogP contribution in [0.25, 0.3) is 22.5 Å². The average molecular weight is 446 g/mol. The largest absolute Gasteiger partial charge is 0.329 e. The number of pyridine rings is 1. The summed E-state index contributed by atoms with van der Waals surface area (Å²) >= 11 is 0. The first-order valence-corrected chi connectivity index (χ1v) is 11.6. The lowest BCUT2D eigenvalue weighted by Crippen LogP contribution is -2.28. The van der Waals surface area contributed by atoms with E-state index in [2.05, 4.69) is 48.3 Å². The Bertz CT molecular complexity index is 1250. The quantitative estimate of drug-likeness (QED) is 0.407. The molecule has 1 aromatic carbocycles. The number of nitrogens with zero attached hydrogens (tertiary/aromatic N) is 6. The molecule has 1 atom stereocenters. The van der Waals surface area contributed by atoms with Gasteiger partial charge in [0.05, 0.1) is 12.2 Å². The van der Waals surface area contributed by atoms with Crippen molar-refractivity contribution < 1.29 is 0 Å². The highest BCUT2D eigenvalue weighted by Gasteiger charge is 2.20. The van der Waals surface area contributed by atoms with Crippen LogP contribution in [0.3, 0.4) is 0 Å². The number of hydrogen-bond donors (Lipinski definition) is 1. The van der Waals surface area contributed by atoms with Crippen molar-refractivity contribution in [3.8, 4) is 22.5 Å². The summed E-state index contributed by atoms with van der Waals surface area (Å²) in [6, 6.07) is 12.1. The lowest BCUT2D eigenvalue weighted by Gasteiger charge is -2.11. The number of H-pyrrole nitrogens is 1. The summed E-state index contributed by atoms with van der Waals surface area (Å²) in [7, 11) is 0. The maximum atomic E-state index is 13.3. The lowest BCUT2D eigenvalue weighted by molar-refractivity contribution is 0.495. The molecule has 33 heavy (non-hydrogen) atoms. The highest BCUT2D eigenvalue weighted by atomic mass is 16.1. The van der Waals surface area contributed by atoms with Crippen molar-refractivity contribution in [2.45, 2.75) is 66.0 Å². The van der Waals surface area contributed by atoms with Crippen LogP contribution in [0.4, 0.5) is 0 Å². The smallest absolute Gasteiger partial charge is 0.294 e. The minimum absolute atomic E-state index is 0.0567. The van der Waals surface area contributed by atoms with Crippen LogP contribution < -0.4 is 5.69 Å². The Morgan fingerprint density at radius 3 is 2.52 bits per heavy atom. The van der Waals surface area contributed by atoms with Gasteiger partial charge < -0.3 is 0 Å². The minimum Gasteiger partial charge on any atom is -0.294 e. The van der Waals surface area contributed by atoms with E-state index in [9.17, 15) is 4.79 Å². The van der Waals surface area contributed by atoms with Gasteiger partial charge in [-0.15, -0.1) is 10.2 Å². The Morgan fingerprint density at radius 2 is 1.88 bits per heavy atom. The first kappa shape index (κ1) is 22.6. The second-order valence-corrected chi connectivity index (χ2v) is 8.45. The van der Waals surface area contributed by atoms with Gasteiger partial charge in [0, 0.05) is 34.8 Å². The van der Waals surface area contributed by atoms with Crippen LogP contribution in [0, 0.1) is 6.92 Å². The van der Waals surface area contributed by atoms with E-state index >= 15 is 0 Å². The molecule has 0 aliphatic rings. The molecule has 0 bridgehead atoms. The summed E-state index contributed by atoms with van der Waals surface area (Å²) < 4.78 is 3.85. The van der Waals surface area contributed by atoms with Gasteiger partial charge in [-0.05, 0) is 50.0 Å². The van der Waals surface area contributed by atoms with Crippen LogP contribution in [-0.4, -0.2) is 34.7 Å². The Kier molecular flexibility index (Phi) is 6.82. The molecule has 3 aromatic heterocycles. The fourth-order valence-corrected chi connectivity index (χ4v) is 4.29. The molecule has 1 N–H and O–H groups in total. The van der Waals surface area contributed by atoms with Crippen molar-refractivity contribution in [2.24, 2.45) is 0 Å². The van der Waals surface area contributed by atoms with E-state index in [0.717, 1.165) is 59.5 Å². The van der Waals surface area contributed by atoms with E-state index in [4.69, 9.17) is 4.98 Å². The molecule has 0 aliphatic heterocycles. The van der Waals surface area contributed by atoms with Gasteiger partial charge >= 0.3 is 5.69 Å². The number of unbranched alkanes of at least 4 members (excludes halogenated alkanes) is 1. The van der Waals surface area contributed by atoms with Gasteiger partial charge in [0.15, 0.2) is 0 Å². The normalized spacial score (nSPS) is 12.2. The van der Waals surface area contributed by atoms with Crippen molar-refractivity contribution in [2.75, 3.05) is 0 Å². The van der Waals surface area contributed by atoms with E-state index in [1.807, 2.05) is 51.7 Å². The molecule has 4 rings (SSSR count). The summed E-state index contributed by atoms with van der Waals surface area (Å²) in [5.74, 6) is 0.545. The molecule has 0 saturated heterocycles. The second kappa shape index (κ2) is 9.94. The van der Waals surface area contributed by atoms with E-state index < -0.39 is 0 Å². The summed E-state index contributed by atoms with van der Waals surface area (Å²) in [6.07, 6.45) is 5.82. The standard InChI is InChI=1S/C25H31N7O/c1-5-7-12-23-18(4)32(17(3)6-2)25(33)31(23)16-20-14-13-19(15-26-20)21-10-8-9-11-22(21)24-27-29-30-28-24/h8-11,13-15,17H,5-7,12,16H2,1-4H3,(H,27,28,29,30). The van der Waals surface area contributed by atoms with Crippen LogP contribution in [0.2, 0.25) is 0 Å². The van der Waals surface area contributed by atoms with Gasteiger partial charge in [-0.2, -0.15) is 5.21 Å². The van der Waals surface area contributed by atoms with E-state index in [1.54, 1.807) is 0 Å². The van der Waals surface area contributed by atoms with Crippen molar-refractivity contribution in [1.82, 2.24) is 34.7 Å². The van der Waals surface area contributed by atoms with Crippen LogP contribution in [-0.2, 0) is 13.0 Å². The van der Waals surface area contributed by atoms with Crippen LogP contribution in [0.15, 0.2) is 47.4 Å². The second-order valence-electron chi connectivity index (χ2n) is 8.45. The van der Waals surface area contributed by atoms with Crippen LogP contribution >= 0.6 is 0 Å². The Balaban J connectivity index is 1.67. The number of aromatic amines is 1. The van der Waals surface area contributed by atoms with E-state index in [0.29, 0.717) is 12.4 Å². The molecule has 0 fully saturated rings. The van der Waals surface area contributed by atoms with E-state index in [1.165, 1.54) is 0 Å². The highest BCUT2D eigenvalue weighted by molar-refractivity contribution is 5.79. The summed E-state index contributed by atoms with van der Waals surface area (Å²) in [6.45, 7) is 8.94. The van der Waals surface area contributed by atoms with Crippen LogP contribution in [0.5, 0.6) is 0 Å². The first-order valence-electron chi connectivity index (χ1n) is 11.6. The molecule has 4 aromatic rings. The Labute approximate surface area is 193 Å². The minimum atomic E-state index is 0.0567. The maximum absolute atomic E-state index is 13.3. The number of tetrazole rings is 1. The van der Waals surface area contributed by atoms with Crippen LogP contribution in [0.1, 0.15) is 63.2 Å². The zero-order chi connectivity index (χ0) is 23.4. The van der Waals surface area contributed by atoms with Crippen molar-refractivity contribution in [1.29, 1.82) is 0 Å². The summed E-state index contributed by atoms with van der Waals surface area (Å²) in [5, 5.41) is 14.4. The molecule has 0 spiro atoms. The molecule has 8 heteroatoms. The molecule has 0 aliphatic carbocycles. The molecule has 172 valence electrons. The zero-order valence-corrected chi connectivity index (χ0v) is 19.7. The van der Waals surface area contributed by atoms with Crippen molar-refractivity contribution in [3.63, 3.8) is 0 Å². The zero-order valence-electron chi connectivity index (χ0n) is 19.7. The van der Waals surface area contributed by atoms with Gasteiger partial charge in [-0.25, -0.2) is 4.79 Å². The van der Waals surface area contributed by atoms with Crippen molar-refractivity contribution >= 4 is 0 Å². The third-order valence-electron chi connectivity index (χ3n) is 6.31. The summed E-state index contributed by atoms with van der Waals surface area (Å²) in [5.41, 5.74) is 5.95. The number of benzene rings is 1. The molecule has 3 heterocycles. The molecule has 8 nitrogen and oxygen atoms in total. The average Bonchev–Trinajstić information content (AvgIpc) is 3.45. The number of imidazole rings is 1. The number of hydrogen-bond acceptors (Lipinski definition) is 5. The van der Waals surface area contributed by atoms with Gasteiger partial charge in [-0.3, -0.25) is 14.1 Å². The van der Waals surface area contributed by atoms with Gasteiger partial charge in [0.2, 0.25) is 5.82 Å². The molecular formula is C25H31N7O. The summed E-state index contributed by atoms with van der Waals surface area (Å²) in [4.78, 5) is 18.0. The SMILES string of the molecule is CCCCc1c(C)n(C(C)CC)c(=O)n1Cc1ccc(-c2ccccc2-c2nn[nH]n2)cn1. The Morgan fingerprint density at radius 1 is 1.09 bits per heavy atom. The van der Waals surface area contributed by atoms with E-state index in [-0.39, 0.29) is 11.7 Å². The molecule has 0 amide bonds. The number of nitrogens with one attached hydrogen (secondary N) is 1. The van der Waals surface area contributed by atoms with Crippen molar-refractivity contribution in [3.05, 3.63) is 70.2 Å². The first-order chi connectivity index (χ1) is 16.0. The number of aromatic nitrogens is 7. The molecule has 1 unspecified atom stereocenters. The van der Waals surface area contributed by atoms with Gasteiger partial charge in [-0.1, -0.05) is 50.6 Å². The van der Waals surface area contributed by atoms with Gasteiger partial charge in [0.25, 0.3) is 0 Å². The fourth-order valence-electron chi connectivity index (χ4n) is 4.29. The molecule has 0 radical (unpaired) electrons. The topological polar surface area (TPSA) is 94.3 Å². The maximum Gasteiger partial charge on any atom is 0.329 e. The molecule has 0 saturated carbocycles. The highest BCUT2D eigenvalue weighted by Crippen LogP contribution is 2.29. The van der Waals surface area contributed by atoms with Gasteiger partial charge in [0.1, 0.15) is 0 Å². The monoisotopic (exact) mass is 445 g/mol. The lowest BCUT2D eigenvalue weighted by atomic mass is 10.0. The third kappa shape index (κ3) is 4.51. The predicted molar refractivity (Wildman–Crippen MR) is 129 cm³/mol. The Hall–Kier alpha value is -3.55.